The Labute approximate surface area is 255 Å². The van der Waals surface area contributed by atoms with Gasteiger partial charge >= 0.3 is 5.97 Å². The summed E-state index contributed by atoms with van der Waals surface area (Å²) < 4.78 is 58.0. The van der Waals surface area contributed by atoms with Crippen molar-refractivity contribution in [2.75, 3.05) is 13.2 Å². The van der Waals surface area contributed by atoms with E-state index < -0.39 is 23.4 Å². The summed E-state index contributed by atoms with van der Waals surface area (Å²) in [4.78, 5) is 20.7. The largest absolute Gasteiger partial charge is 0.478 e. The average molecular weight is 622 g/mol. The Hall–Kier alpha value is -4.41. The highest BCUT2D eigenvalue weighted by Crippen LogP contribution is 2.41. The maximum Gasteiger partial charge on any atom is 0.335 e. The standard InChI is InChI=1S/C33H27ClF3N3O4/c1-33(2)17-43-16-28(33)40-27-12-21(32(41)42)11-25(37)31(27)39-29(40)13-18-6-7-19(10-23(18)35)26-4-3-5-30(38-26)44-15-20-8-9-22(34)14-24(20)36/h3-12,14,28H,13,15-17H2,1-2H3,(H,41,42). The number of pyridine rings is 1. The lowest BCUT2D eigenvalue weighted by Crippen LogP contribution is -2.27. The monoisotopic (exact) mass is 621 g/mol. The fraction of sp³-hybridized carbons (Fsp3) is 0.242. The van der Waals surface area contributed by atoms with Crippen molar-refractivity contribution >= 4 is 28.6 Å². The van der Waals surface area contributed by atoms with Gasteiger partial charge in [-0.05, 0) is 42.0 Å². The summed E-state index contributed by atoms with van der Waals surface area (Å²) in [5, 5.41) is 9.82. The van der Waals surface area contributed by atoms with Crippen LogP contribution in [-0.2, 0) is 17.8 Å². The van der Waals surface area contributed by atoms with Crippen LogP contribution in [0.4, 0.5) is 13.2 Å². The molecule has 44 heavy (non-hydrogen) atoms. The van der Waals surface area contributed by atoms with Crippen molar-refractivity contribution in [2.45, 2.75) is 32.9 Å². The number of carboxylic acids is 1. The Morgan fingerprint density at radius 2 is 1.80 bits per heavy atom. The molecule has 3 aromatic carbocycles. The van der Waals surface area contributed by atoms with Crippen molar-refractivity contribution in [3.63, 3.8) is 0 Å². The molecule has 0 spiro atoms. The van der Waals surface area contributed by atoms with Gasteiger partial charge in [0.25, 0.3) is 0 Å². The summed E-state index contributed by atoms with van der Waals surface area (Å²) in [6, 6.07) is 16.1. The number of aromatic nitrogens is 3. The lowest BCUT2D eigenvalue weighted by Gasteiger charge is -2.28. The van der Waals surface area contributed by atoms with E-state index in [1.54, 1.807) is 41.0 Å². The molecule has 1 N–H and O–H groups in total. The van der Waals surface area contributed by atoms with Crippen LogP contribution in [0.15, 0.2) is 66.7 Å². The first-order valence-electron chi connectivity index (χ1n) is 13.8. The Balaban J connectivity index is 1.30. The van der Waals surface area contributed by atoms with Crippen molar-refractivity contribution < 1.29 is 32.5 Å². The maximum absolute atomic E-state index is 15.6. The van der Waals surface area contributed by atoms with E-state index in [0.29, 0.717) is 46.9 Å². The number of hydrogen-bond donors (Lipinski definition) is 1. The number of hydrogen-bond acceptors (Lipinski definition) is 5. The third-order valence-corrected chi connectivity index (χ3v) is 8.08. The second-order valence-corrected chi connectivity index (χ2v) is 11.9. The molecule has 6 rings (SSSR count). The number of nitrogens with zero attached hydrogens (tertiary/aromatic N) is 3. The molecule has 0 radical (unpaired) electrons. The number of ether oxygens (including phenoxy) is 2. The molecule has 1 aliphatic rings. The first-order valence-corrected chi connectivity index (χ1v) is 14.2. The first-order chi connectivity index (χ1) is 21.0. The zero-order valence-electron chi connectivity index (χ0n) is 23.8. The molecule has 226 valence electrons. The van der Waals surface area contributed by atoms with Crippen LogP contribution in [0.2, 0.25) is 5.02 Å². The SMILES string of the molecule is CC1(C)COCC1n1c(Cc2ccc(-c3cccc(OCc4ccc(Cl)cc4F)n3)cc2F)nc2c(F)cc(C(=O)O)cc21. The molecule has 1 aliphatic heterocycles. The highest BCUT2D eigenvalue weighted by molar-refractivity contribution is 6.30. The summed E-state index contributed by atoms with van der Waals surface area (Å²) in [6.07, 6.45) is 0.0262. The number of carboxylic acid groups (broad SMARTS) is 1. The topological polar surface area (TPSA) is 86.5 Å². The maximum atomic E-state index is 15.6. The van der Waals surface area contributed by atoms with Crippen molar-refractivity contribution in [1.82, 2.24) is 14.5 Å². The van der Waals surface area contributed by atoms with Crippen molar-refractivity contribution in [1.29, 1.82) is 0 Å². The molecule has 11 heteroatoms. The van der Waals surface area contributed by atoms with Crippen LogP contribution >= 0.6 is 11.6 Å². The fourth-order valence-electron chi connectivity index (χ4n) is 5.44. The molecule has 1 unspecified atom stereocenters. The third-order valence-electron chi connectivity index (χ3n) is 7.84. The van der Waals surface area contributed by atoms with Gasteiger partial charge in [0.15, 0.2) is 5.82 Å². The summed E-state index contributed by atoms with van der Waals surface area (Å²) in [6.45, 7) is 4.71. The summed E-state index contributed by atoms with van der Waals surface area (Å²) in [5.74, 6) is -2.41. The Kier molecular flexibility index (Phi) is 7.81. The lowest BCUT2D eigenvalue weighted by atomic mass is 9.87. The molecule has 5 aromatic rings. The second-order valence-electron chi connectivity index (χ2n) is 11.4. The molecule has 1 fully saturated rings. The number of imidazole rings is 1. The van der Waals surface area contributed by atoms with Crippen LogP contribution in [-0.4, -0.2) is 38.8 Å². The van der Waals surface area contributed by atoms with E-state index in [4.69, 9.17) is 21.1 Å². The molecule has 2 aromatic heterocycles. The van der Waals surface area contributed by atoms with Gasteiger partial charge in [0.2, 0.25) is 5.88 Å². The van der Waals surface area contributed by atoms with Crippen LogP contribution in [0.5, 0.6) is 5.88 Å². The Morgan fingerprint density at radius 3 is 2.50 bits per heavy atom. The Bertz CT molecular complexity index is 1910. The van der Waals surface area contributed by atoms with Crippen LogP contribution in [0.3, 0.4) is 0 Å². The van der Waals surface area contributed by atoms with Gasteiger partial charge < -0.3 is 19.1 Å². The van der Waals surface area contributed by atoms with Gasteiger partial charge in [-0.1, -0.05) is 49.7 Å². The quantitative estimate of drug-likeness (QED) is 0.192. The van der Waals surface area contributed by atoms with E-state index in [1.807, 2.05) is 13.8 Å². The number of rotatable bonds is 8. The predicted molar refractivity (Wildman–Crippen MR) is 158 cm³/mol. The van der Waals surface area contributed by atoms with E-state index in [-0.39, 0.29) is 46.5 Å². The predicted octanol–water partition coefficient (Wildman–Crippen LogP) is 7.63. The van der Waals surface area contributed by atoms with Crippen LogP contribution in [0.1, 0.15) is 47.2 Å². The van der Waals surface area contributed by atoms with Gasteiger partial charge in [0.05, 0.1) is 36.0 Å². The second kappa shape index (κ2) is 11.6. The van der Waals surface area contributed by atoms with Gasteiger partial charge in [-0.2, -0.15) is 0 Å². The van der Waals surface area contributed by atoms with Crippen molar-refractivity contribution in [2.24, 2.45) is 5.41 Å². The van der Waals surface area contributed by atoms with E-state index in [0.717, 1.165) is 6.07 Å². The summed E-state index contributed by atoms with van der Waals surface area (Å²) >= 11 is 5.81. The molecule has 0 saturated carbocycles. The fourth-order valence-corrected chi connectivity index (χ4v) is 5.60. The minimum Gasteiger partial charge on any atom is -0.478 e. The molecular formula is C33H27ClF3N3O4. The molecular weight excluding hydrogens is 595 g/mol. The lowest BCUT2D eigenvalue weighted by molar-refractivity contribution is 0.0696. The Morgan fingerprint density at radius 1 is 1.02 bits per heavy atom. The number of benzene rings is 3. The number of carbonyl (C=O) groups is 1. The zero-order valence-corrected chi connectivity index (χ0v) is 24.5. The van der Waals surface area contributed by atoms with Crippen LogP contribution in [0, 0.1) is 22.9 Å². The molecule has 1 saturated heterocycles. The van der Waals surface area contributed by atoms with Gasteiger partial charge in [-0.25, -0.2) is 27.9 Å². The van der Waals surface area contributed by atoms with Gasteiger partial charge in [0, 0.05) is 34.1 Å². The molecule has 3 heterocycles. The minimum absolute atomic E-state index is 0.0178. The number of halogens is 4. The highest BCUT2D eigenvalue weighted by Gasteiger charge is 2.39. The van der Waals surface area contributed by atoms with Crippen LogP contribution in [0.25, 0.3) is 22.3 Å². The molecule has 0 amide bonds. The van der Waals surface area contributed by atoms with E-state index in [2.05, 4.69) is 9.97 Å². The third kappa shape index (κ3) is 5.75. The normalized spacial score (nSPS) is 16.0. The van der Waals surface area contributed by atoms with Gasteiger partial charge in [0.1, 0.15) is 29.6 Å². The minimum atomic E-state index is -1.26. The highest BCUT2D eigenvalue weighted by atomic mass is 35.5. The van der Waals surface area contributed by atoms with E-state index in [9.17, 15) is 14.3 Å². The molecule has 1 atom stereocenters. The molecule has 7 nitrogen and oxygen atoms in total. The van der Waals surface area contributed by atoms with Gasteiger partial charge in [-0.3, -0.25) is 0 Å². The molecule has 0 aliphatic carbocycles. The smallest absolute Gasteiger partial charge is 0.335 e. The summed E-state index contributed by atoms with van der Waals surface area (Å²) in [7, 11) is 0. The summed E-state index contributed by atoms with van der Waals surface area (Å²) in [5.41, 5.74) is 1.34. The molecule has 0 bridgehead atoms. The average Bonchev–Trinajstić information content (AvgIpc) is 3.51. The van der Waals surface area contributed by atoms with Gasteiger partial charge in [-0.15, -0.1) is 0 Å². The van der Waals surface area contributed by atoms with Crippen molar-refractivity contribution in [3.8, 4) is 17.1 Å². The number of fused-ring (bicyclic) bond motifs is 1. The zero-order chi connectivity index (χ0) is 31.2. The van der Waals surface area contributed by atoms with Crippen LogP contribution < -0.4 is 4.74 Å². The number of aromatic carboxylic acids is 1. The van der Waals surface area contributed by atoms with E-state index >= 15 is 8.78 Å². The van der Waals surface area contributed by atoms with Crippen molar-refractivity contribution in [3.05, 3.63) is 112 Å². The first kappa shape index (κ1) is 29.7. The van der Waals surface area contributed by atoms with E-state index in [1.165, 1.54) is 24.3 Å².